The molecule has 0 fully saturated rings. The molecule has 0 aromatic heterocycles. The molecule has 20 heavy (non-hydrogen) atoms. The van der Waals surface area contributed by atoms with Gasteiger partial charge < -0.3 is 5.32 Å². The van der Waals surface area contributed by atoms with Crippen molar-refractivity contribution in [2.24, 2.45) is 0 Å². The van der Waals surface area contributed by atoms with Crippen molar-refractivity contribution in [1.82, 2.24) is 5.32 Å². The Morgan fingerprint density at radius 3 is 2.55 bits per heavy atom. The predicted octanol–water partition coefficient (Wildman–Crippen LogP) is 3.55. The Morgan fingerprint density at radius 1 is 1.20 bits per heavy atom. The van der Waals surface area contributed by atoms with Crippen LogP contribution in [0.2, 0.25) is 0 Å². The minimum atomic E-state index is -0.318. The van der Waals surface area contributed by atoms with Crippen molar-refractivity contribution in [3.8, 4) is 0 Å². The van der Waals surface area contributed by atoms with Crippen molar-refractivity contribution in [2.45, 2.75) is 26.3 Å². The summed E-state index contributed by atoms with van der Waals surface area (Å²) in [7, 11) is 0. The predicted molar refractivity (Wildman–Crippen MR) is 77.8 cm³/mol. The molecular weight excluding hydrogens is 253 g/mol. The molecule has 104 valence electrons. The van der Waals surface area contributed by atoms with Crippen LogP contribution in [-0.4, -0.2) is 5.91 Å². The van der Waals surface area contributed by atoms with E-state index in [1.54, 1.807) is 12.1 Å². The van der Waals surface area contributed by atoms with Crippen LogP contribution in [0.3, 0.4) is 0 Å². The van der Waals surface area contributed by atoms with E-state index < -0.39 is 0 Å². The van der Waals surface area contributed by atoms with Crippen LogP contribution in [0.25, 0.3) is 0 Å². The molecule has 3 heteroatoms. The third-order valence-electron chi connectivity index (χ3n) is 3.21. The number of hydrogen-bond donors (Lipinski definition) is 1. The maximum atomic E-state index is 13.1. The summed E-state index contributed by atoms with van der Waals surface area (Å²) in [4.78, 5) is 11.9. The van der Waals surface area contributed by atoms with E-state index >= 15 is 0 Å². The van der Waals surface area contributed by atoms with E-state index in [1.807, 2.05) is 38.1 Å². The third-order valence-corrected chi connectivity index (χ3v) is 3.21. The molecule has 2 aromatic carbocycles. The van der Waals surface area contributed by atoms with E-state index in [-0.39, 0.29) is 24.2 Å². The summed E-state index contributed by atoms with van der Waals surface area (Å²) in [6.07, 6.45) is 0.188. The standard InChI is InChI=1S/C17H18FNO/c1-12-6-8-15(9-7-12)13(2)19-17(20)11-14-4-3-5-16(18)10-14/h3-10,13H,11H2,1-2H3,(H,19,20). The largest absolute Gasteiger partial charge is 0.349 e. The van der Waals surface area contributed by atoms with Crippen LogP contribution in [0.1, 0.15) is 29.7 Å². The molecule has 0 saturated carbocycles. The molecule has 0 spiro atoms. The average molecular weight is 271 g/mol. The zero-order valence-electron chi connectivity index (χ0n) is 11.7. The van der Waals surface area contributed by atoms with Gasteiger partial charge in [0, 0.05) is 0 Å². The SMILES string of the molecule is Cc1ccc(C(C)NC(=O)Cc2cccc(F)c2)cc1. The molecule has 2 nitrogen and oxygen atoms in total. The van der Waals surface area contributed by atoms with Crippen molar-refractivity contribution in [3.63, 3.8) is 0 Å². The molecular formula is C17H18FNO. The highest BCUT2D eigenvalue weighted by Crippen LogP contribution is 2.13. The Hall–Kier alpha value is -2.16. The van der Waals surface area contributed by atoms with Crippen molar-refractivity contribution in [1.29, 1.82) is 0 Å². The van der Waals surface area contributed by atoms with Gasteiger partial charge in [-0.1, -0.05) is 42.0 Å². The number of carbonyl (C=O) groups excluding carboxylic acids is 1. The van der Waals surface area contributed by atoms with E-state index in [4.69, 9.17) is 0 Å². The topological polar surface area (TPSA) is 29.1 Å². The van der Waals surface area contributed by atoms with Crippen molar-refractivity contribution in [3.05, 3.63) is 71.0 Å². The molecule has 0 saturated heterocycles. The molecule has 0 bridgehead atoms. The zero-order valence-corrected chi connectivity index (χ0v) is 11.7. The van der Waals surface area contributed by atoms with E-state index in [0.717, 1.165) is 5.56 Å². The summed E-state index contributed by atoms with van der Waals surface area (Å²) < 4.78 is 13.1. The maximum Gasteiger partial charge on any atom is 0.224 e. The molecule has 2 rings (SSSR count). The Labute approximate surface area is 118 Å². The quantitative estimate of drug-likeness (QED) is 0.905. The first-order valence-electron chi connectivity index (χ1n) is 6.65. The highest BCUT2D eigenvalue weighted by atomic mass is 19.1. The first kappa shape index (κ1) is 14.3. The monoisotopic (exact) mass is 271 g/mol. The molecule has 0 radical (unpaired) electrons. The smallest absolute Gasteiger partial charge is 0.224 e. The van der Waals surface area contributed by atoms with Gasteiger partial charge in [0.15, 0.2) is 0 Å². The minimum absolute atomic E-state index is 0.0586. The van der Waals surface area contributed by atoms with Crippen LogP contribution in [-0.2, 0) is 11.2 Å². The second kappa shape index (κ2) is 6.33. The van der Waals surface area contributed by atoms with Crippen LogP contribution in [0, 0.1) is 12.7 Å². The Bertz CT molecular complexity index is 592. The Kier molecular flexibility index (Phi) is 4.51. The number of aryl methyl sites for hydroxylation is 1. The van der Waals surface area contributed by atoms with Crippen molar-refractivity contribution in [2.75, 3.05) is 0 Å². The number of carbonyl (C=O) groups is 1. The molecule has 1 N–H and O–H groups in total. The normalized spacial score (nSPS) is 11.9. The molecule has 0 heterocycles. The lowest BCUT2D eigenvalue weighted by molar-refractivity contribution is -0.121. The van der Waals surface area contributed by atoms with Gasteiger partial charge in [-0.2, -0.15) is 0 Å². The van der Waals surface area contributed by atoms with Crippen LogP contribution in [0.4, 0.5) is 4.39 Å². The number of halogens is 1. The third kappa shape index (κ3) is 3.92. The summed E-state index contributed by atoms with van der Waals surface area (Å²) in [6.45, 7) is 3.96. The van der Waals surface area contributed by atoms with Gasteiger partial charge in [-0.3, -0.25) is 4.79 Å². The summed E-state index contributed by atoms with van der Waals surface area (Å²) >= 11 is 0. The Balaban J connectivity index is 1.95. The van der Waals surface area contributed by atoms with Crippen molar-refractivity contribution < 1.29 is 9.18 Å². The molecule has 1 atom stereocenters. The van der Waals surface area contributed by atoms with Crippen LogP contribution in [0.5, 0.6) is 0 Å². The van der Waals surface area contributed by atoms with Gasteiger partial charge in [0.1, 0.15) is 5.82 Å². The first-order chi connectivity index (χ1) is 9.54. The number of benzene rings is 2. The lowest BCUT2D eigenvalue weighted by atomic mass is 10.1. The molecule has 1 unspecified atom stereocenters. The van der Waals surface area contributed by atoms with Crippen LogP contribution >= 0.6 is 0 Å². The summed E-state index contributed by atoms with van der Waals surface area (Å²) in [6, 6.07) is 14.1. The van der Waals surface area contributed by atoms with E-state index in [1.165, 1.54) is 17.7 Å². The molecule has 0 aliphatic heterocycles. The van der Waals surface area contributed by atoms with E-state index in [9.17, 15) is 9.18 Å². The van der Waals surface area contributed by atoms with Gasteiger partial charge in [-0.25, -0.2) is 4.39 Å². The second-order valence-corrected chi connectivity index (χ2v) is 5.01. The summed E-state index contributed by atoms with van der Waals surface area (Å²) in [5.41, 5.74) is 2.92. The lowest BCUT2D eigenvalue weighted by Gasteiger charge is -2.14. The van der Waals surface area contributed by atoms with Gasteiger partial charge in [-0.15, -0.1) is 0 Å². The fraction of sp³-hybridized carbons (Fsp3) is 0.235. The number of amides is 1. The fourth-order valence-corrected chi connectivity index (χ4v) is 2.06. The minimum Gasteiger partial charge on any atom is -0.349 e. The molecule has 0 aliphatic carbocycles. The van der Waals surface area contributed by atoms with Crippen molar-refractivity contribution >= 4 is 5.91 Å². The molecule has 1 amide bonds. The highest BCUT2D eigenvalue weighted by Gasteiger charge is 2.10. The maximum absolute atomic E-state index is 13.1. The second-order valence-electron chi connectivity index (χ2n) is 5.01. The molecule has 2 aromatic rings. The first-order valence-corrected chi connectivity index (χ1v) is 6.65. The van der Waals surface area contributed by atoms with Gasteiger partial charge >= 0.3 is 0 Å². The van der Waals surface area contributed by atoms with Crippen LogP contribution in [0.15, 0.2) is 48.5 Å². The Morgan fingerprint density at radius 2 is 1.90 bits per heavy atom. The van der Waals surface area contributed by atoms with Gasteiger partial charge in [0.25, 0.3) is 0 Å². The number of rotatable bonds is 4. The summed E-state index contributed by atoms with van der Waals surface area (Å²) in [5, 5.41) is 2.92. The highest BCUT2D eigenvalue weighted by molar-refractivity contribution is 5.79. The average Bonchev–Trinajstić information content (AvgIpc) is 2.39. The molecule has 0 aliphatic rings. The van der Waals surface area contributed by atoms with Gasteiger partial charge in [-0.05, 0) is 37.1 Å². The van der Waals surface area contributed by atoms with E-state index in [2.05, 4.69) is 5.32 Å². The summed E-state index contributed by atoms with van der Waals surface area (Å²) in [5.74, 6) is -0.425. The van der Waals surface area contributed by atoms with Gasteiger partial charge in [0.2, 0.25) is 5.91 Å². The fourth-order valence-electron chi connectivity index (χ4n) is 2.06. The van der Waals surface area contributed by atoms with Crippen LogP contribution < -0.4 is 5.32 Å². The van der Waals surface area contributed by atoms with Gasteiger partial charge in [0.05, 0.1) is 12.5 Å². The zero-order chi connectivity index (χ0) is 14.5. The number of nitrogens with one attached hydrogen (secondary N) is 1. The van der Waals surface area contributed by atoms with E-state index in [0.29, 0.717) is 5.56 Å². The number of hydrogen-bond acceptors (Lipinski definition) is 1. The lowest BCUT2D eigenvalue weighted by Crippen LogP contribution is -2.28.